The molecule has 2 rings (SSSR count). The third-order valence-corrected chi connectivity index (χ3v) is 2.90. The quantitative estimate of drug-likeness (QED) is 0.791. The molecule has 0 fully saturated rings. The number of hydrogen-bond acceptors (Lipinski definition) is 3. The second kappa shape index (κ2) is 4.84. The molecule has 0 bridgehead atoms. The number of rotatable bonds is 2. The van der Waals surface area contributed by atoms with Gasteiger partial charge in [-0.25, -0.2) is 9.48 Å². The van der Waals surface area contributed by atoms with Crippen LogP contribution in [0.4, 0.5) is 13.2 Å². The maximum Gasteiger partial charge on any atom is 0.408 e. The standard InChI is InChI=1S/C11H8BrF3N2O2/c1-19-10(18)9-7-4-6(12)2-3-8(7)16-17(9)5-11(13,14)15/h2-4H,5H2,1H3. The Kier molecular flexibility index (Phi) is 3.53. The first-order valence-electron chi connectivity index (χ1n) is 5.13. The zero-order chi connectivity index (χ0) is 14.2. The monoisotopic (exact) mass is 336 g/mol. The second-order valence-corrected chi connectivity index (χ2v) is 4.69. The van der Waals surface area contributed by atoms with Crippen molar-refractivity contribution in [3.8, 4) is 0 Å². The molecule has 1 heterocycles. The first-order valence-corrected chi connectivity index (χ1v) is 5.92. The fourth-order valence-electron chi connectivity index (χ4n) is 1.70. The molecule has 0 aliphatic heterocycles. The van der Waals surface area contributed by atoms with Gasteiger partial charge in [-0.1, -0.05) is 15.9 Å². The molecule has 0 amide bonds. The first kappa shape index (κ1) is 13.9. The summed E-state index contributed by atoms with van der Waals surface area (Å²) in [6.45, 7) is -1.34. The maximum atomic E-state index is 12.5. The predicted octanol–water partition coefficient (Wildman–Crippen LogP) is 3.15. The van der Waals surface area contributed by atoms with E-state index in [9.17, 15) is 18.0 Å². The second-order valence-electron chi connectivity index (χ2n) is 3.77. The van der Waals surface area contributed by atoms with Crippen LogP contribution in [0.15, 0.2) is 22.7 Å². The molecule has 1 aromatic carbocycles. The summed E-state index contributed by atoms with van der Waals surface area (Å²) in [7, 11) is 1.11. The van der Waals surface area contributed by atoms with Gasteiger partial charge in [-0.05, 0) is 18.2 Å². The lowest BCUT2D eigenvalue weighted by Crippen LogP contribution is -2.22. The number of ether oxygens (including phenoxy) is 1. The molecule has 0 aliphatic carbocycles. The highest BCUT2D eigenvalue weighted by Crippen LogP contribution is 2.26. The van der Waals surface area contributed by atoms with E-state index < -0.39 is 18.7 Å². The van der Waals surface area contributed by atoms with E-state index in [-0.39, 0.29) is 5.69 Å². The zero-order valence-corrected chi connectivity index (χ0v) is 11.2. The number of nitrogens with zero attached hydrogens (tertiary/aromatic N) is 2. The van der Waals surface area contributed by atoms with Crippen molar-refractivity contribution in [1.82, 2.24) is 9.78 Å². The van der Waals surface area contributed by atoms with Crippen molar-refractivity contribution >= 4 is 32.8 Å². The van der Waals surface area contributed by atoms with Crippen molar-refractivity contribution in [2.24, 2.45) is 0 Å². The number of halogens is 4. The molecular weight excluding hydrogens is 329 g/mol. The Hall–Kier alpha value is -1.57. The lowest BCUT2D eigenvalue weighted by atomic mass is 10.2. The molecule has 0 N–H and O–H groups in total. The minimum Gasteiger partial charge on any atom is -0.464 e. The number of esters is 1. The Labute approximate surface area is 114 Å². The fourth-order valence-corrected chi connectivity index (χ4v) is 2.06. The van der Waals surface area contributed by atoms with Crippen molar-refractivity contribution in [1.29, 1.82) is 0 Å². The number of carbonyl (C=O) groups is 1. The molecule has 0 radical (unpaired) electrons. The summed E-state index contributed by atoms with van der Waals surface area (Å²) in [5.74, 6) is -0.857. The number of hydrogen-bond donors (Lipinski definition) is 0. The van der Waals surface area contributed by atoms with E-state index in [1.54, 1.807) is 6.07 Å². The largest absolute Gasteiger partial charge is 0.464 e. The molecule has 0 spiro atoms. The Bertz CT molecular complexity index is 637. The van der Waals surface area contributed by atoms with Gasteiger partial charge in [0.1, 0.15) is 6.54 Å². The van der Waals surface area contributed by atoms with Crippen LogP contribution in [0.25, 0.3) is 10.9 Å². The predicted molar refractivity (Wildman–Crippen MR) is 64.8 cm³/mol. The number of carbonyl (C=O) groups excluding carboxylic acids is 1. The number of alkyl halides is 3. The van der Waals surface area contributed by atoms with Gasteiger partial charge in [0.25, 0.3) is 0 Å². The minimum atomic E-state index is -4.47. The normalized spacial score (nSPS) is 11.8. The molecule has 8 heteroatoms. The lowest BCUT2D eigenvalue weighted by Gasteiger charge is -2.08. The van der Waals surface area contributed by atoms with Crippen LogP contribution >= 0.6 is 15.9 Å². The van der Waals surface area contributed by atoms with E-state index in [1.165, 1.54) is 12.1 Å². The SMILES string of the molecule is COC(=O)c1c2cc(Br)ccc2nn1CC(F)(F)F. The number of aromatic nitrogens is 2. The van der Waals surface area contributed by atoms with E-state index in [2.05, 4.69) is 25.8 Å². The van der Waals surface area contributed by atoms with E-state index in [4.69, 9.17) is 0 Å². The number of fused-ring (bicyclic) bond motifs is 1. The van der Waals surface area contributed by atoms with Crippen molar-refractivity contribution in [3.63, 3.8) is 0 Å². The Balaban J connectivity index is 2.65. The third-order valence-electron chi connectivity index (χ3n) is 2.41. The van der Waals surface area contributed by atoms with Crippen LogP contribution in [0.3, 0.4) is 0 Å². The van der Waals surface area contributed by atoms with Gasteiger partial charge in [-0.15, -0.1) is 0 Å². The van der Waals surface area contributed by atoms with Crippen molar-refractivity contribution in [2.75, 3.05) is 7.11 Å². The van der Waals surface area contributed by atoms with Gasteiger partial charge in [0.2, 0.25) is 0 Å². The van der Waals surface area contributed by atoms with E-state index in [0.717, 1.165) is 7.11 Å². The van der Waals surface area contributed by atoms with Gasteiger partial charge in [-0.3, -0.25) is 0 Å². The van der Waals surface area contributed by atoms with Gasteiger partial charge < -0.3 is 4.74 Å². The highest BCUT2D eigenvalue weighted by atomic mass is 79.9. The first-order chi connectivity index (χ1) is 8.81. The summed E-state index contributed by atoms with van der Waals surface area (Å²) < 4.78 is 43.2. The summed E-state index contributed by atoms with van der Waals surface area (Å²) in [4.78, 5) is 11.6. The molecule has 0 aliphatic rings. The third kappa shape index (κ3) is 2.89. The van der Waals surface area contributed by atoms with Gasteiger partial charge in [0, 0.05) is 9.86 Å². The number of benzene rings is 1. The van der Waals surface area contributed by atoms with Crippen molar-refractivity contribution in [3.05, 3.63) is 28.4 Å². The fraction of sp³-hybridized carbons (Fsp3) is 0.273. The van der Waals surface area contributed by atoms with Crippen LogP contribution in [0.2, 0.25) is 0 Å². The Morgan fingerprint density at radius 1 is 1.47 bits per heavy atom. The Morgan fingerprint density at radius 2 is 2.16 bits per heavy atom. The molecule has 2 aromatic rings. The molecule has 0 unspecified atom stereocenters. The molecule has 1 aromatic heterocycles. The van der Waals surface area contributed by atoms with E-state index in [1.807, 2.05) is 0 Å². The number of methoxy groups -OCH3 is 1. The molecule has 0 saturated carbocycles. The van der Waals surface area contributed by atoms with Crippen LogP contribution < -0.4 is 0 Å². The molecule has 19 heavy (non-hydrogen) atoms. The van der Waals surface area contributed by atoms with Gasteiger partial charge in [0.05, 0.1) is 12.6 Å². The van der Waals surface area contributed by atoms with Crippen molar-refractivity contribution in [2.45, 2.75) is 12.7 Å². The van der Waals surface area contributed by atoms with Crippen LogP contribution in [-0.4, -0.2) is 29.0 Å². The maximum absolute atomic E-state index is 12.5. The smallest absolute Gasteiger partial charge is 0.408 e. The van der Waals surface area contributed by atoms with Crippen LogP contribution in [0, 0.1) is 0 Å². The summed E-state index contributed by atoms with van der Waals surface area (Å²) >= 11 is 3.20. The van der Waals surface area contributed by atoms with Gasteiger partial charge in [-0.2, -0.15) is 18.3 Å². The highest BCUT2D eigenvalue weighted by molar-refractivity contribution is 9.10. The zero-order valence-electron chi connectivity index (χ0n) is 9.66. The Morgan fingerprint density at radius 3 is 2.74 bits per heavy atom. The molecule has 0 saturated heterocycles. The van der Waals surface area contributed by atoms with Crippen LogP contribution in [-0.2, 0) is 11.3 Å². The van der Waals surface area contributed by atoms with Gasteiger partial charge >= 0.3 is 12.1 Å². The summed E-state index contributed by atoms with van der Waals surface area (Å²) in [6, 6.07) is 4.69. The molecule has 0 atom stereocenters. The lowest BCUT2D eigenvalue weighted by molar-refractivity contribution is -0.142. The summed E-state index contributed by atoms with van der Waals surface area (Å²) in [5.41, 5.74) is 0.0870. The molecule has 4 nitrogen and oxygen atoms in total. The topological polar surface area (TPSA) is 44.1 Å². The van der Waals surface area contributed by atoms with Crippen LogP contribution in [0.5, 0.6) is 0 Å². The minimum absolute atomic E-state index is 0.212. The van der Waals surface area contributed by atoms with Crippen LogP contribution in [0.1, 0.15) is 10.5 Å². The summed E-state index contributed by atoms with van der Waals surface area (Å²) in [5, 5.41) is 4.09. The molecular formula is C11H8BrF3N2O2. The van der Waals surface area contributed by atoms with Crippen molar-refractivity contribution < 1.29 is 22.7 Å². The van der Waals surface area contributed by atoms with E-state index >= 15 is 0 Å². The summed E-state index contributed by atoms with van der Waals surface area (Å²) in [6.07, 6.45) is -4.47. The average Bonchev–Trinajstić information content (AvgIpc) is 2.62. The van der Waals surface area contributed by atoms with E-state index in [0.29, 0.717) is 20.1 Å². The average molecular weight is 337 g/mol. The van der Waals surface area contributed by atoms with Gasteiger partial charge in [0.15, 0.2) is 5.69 Å². The highest BCUT2D eigenvalue weighted by Gasteiger charge is 2.32. The molecule has 102 valence electrons.